The number of ether oxygens (including phenoxy) is 2. The molecule has 1 saturated heterocycles. The Morgan fingerprint density at radius 1 is 1.19 bits per heavy atom. The van der Waals surface area contributed by atoms with Gasteiger partial charge in [0, 0.05) is 25.4 Å². The minimum atomic E-state index is -3.21. The highest BCUT2D eigenvalue weighted by atomic mass is 32.2. The summed E-state index contributed by atoms with van der Waals surface area (Å²) in [6.07, 6.45) is 0.291. The number of rotatable bonds is 6. The maximum absolute atomic E-state index is 12.6. The molecule has 2 amide bonds. The van der Waals surface area contributed by atoms with Gasteiger partial charge in [-0.1, -0.05) is 0 Å². The number of carbonyl (C=O) groups is 3. The second-order valence-electron chi connectivity index (χ2n) is 6.07. The molecule has 1 aliphatic rings. The van der Waals surface area contributed by atoms with Crippen LogP contribution in [0.1, 0.15) is 16.8 Å². The zero-order valence-electron chi connectivity index (χ0n) is 15.1. The Bertz CT molecular complexity index is 805. The van der Waals surface area contributed by atoms with Crippen molar-refractivity contribution in [2.75, 3.05) is 44.2 Å². The molecule has 1 aromatic rings. The SMILES string of the molecule is COCCN(C(=O)C(=O)Nc1ccc(C(=O)OC)cc1)C1CCS(=O)(=O)C1. The van der Waals surface area contributed by atoms with Gasteiger partial charge in [0.25, 0.3) is 0 Å². The van der Waals surface area contributed by atoms with Gasteiger partial charge in [0.1, 0.15) is 0 Å². The minimum absolute atomic E-state index is 0.00889. The number of methoxy groups -OCH3 is 2. The fraction of sp³-hybridized carbons (Fsp3) is 0.471. The van der Waals surface area contributed by atoms with Crippen molar-refractivity contribution in [3.05, 3.63) is 29.8 Å². The van der Waals surface area contributed by atoms with Crippen LogP contribution in [0.5, 0.6) is 0 Å². The Morgan fingerprint density at radius 3 is 2.37 bits per heavy atom. The molecule has 0 aliphatic carbocycles. The number of esters is 1. The van der Waals surface area contributed by atoms with E-state index in [1.165, 1.54) is 43.4 Å². The second-order valence-corrected chi connectivity index (χ2v) is 8.30. The second kappa shape index (κ2) is 8.96. The van der Waals surface area contributed by atoms with Gasteiger partial charge in [-0.3, -0.25) is 9.59 Å². The van der Waals surface area contributed by atoms with E-state index in [9.17, 15) is 22.8 Å². The fourth-order valence-electron chi connectivity index (χ4n) is 2.78. The number of hydrogen-bond acceptors (Lipinski definition) is 7. The Morgan fingerprint density at radius 2 is 1.85 bits per heavy atom. The van der Waals surface area contributed by atoms with Crippen molar-refractivity contribution in [1.82, 2.24) is 4.90 Å². The monoisotopic (exact) mass is 398 g/mol. The first-order valence-electron chi connectivity index (χ1n) is 8.27. The van der Waals surface area contributed by atoms with E-state index in [1.54, 1.807) is 0 Å². The average Bonchev–Trinajstić information content (AvgIpc) is 3.01. The molecule has 0 bridgehead atoms. The van der Waals surface area contributed by atoms with Crippen LogP contribution in [-0.4, -0.2) is 76.0 Å². The summed E-state index contributed by atoms with van der Waals surface area (Å²) < 4.78 is 33.0. The van der Waals surface area contributed by atoms with Gasteiger partial charge in [-0.05, 0) is 30.7 Å². The molecular formula is C17H22N2O7S. The van der Waals surface area contributed by atoms with Gasteiger partial charge in [0.2, 0.25) is 0 Å². The van der Waals surface area contributed by atoms with E-state index in [0.717, 1.165) is 0 Å². The molecule has 1 fully saturated rings. The van der Waals surface area contributed by atoms with E-state index in [1.807, 2.05) is 0 Å². The van der Waals surface area contributed by atoms with Crippen LogP contribution in [0.2, 0.25) is 0 Å². The van der Waals surface area contributed by atoms with E-state index >= 15 is 0 Å². The molecule has 0 saturated carbocycles. The van der Waals surface area contributed by atoms with Crippen molar-refractivity contribution in [1.29, 1.82) is 0 Å². The summed E-state index contributed by atoms with van der Waals surface area (Å²) in [5, 5.41) is 2.45. The van der Waals surface area contributed by atoms with Crippen molar-refractivity contribution in [2.45, 2.75) is 12.5 Å². The molecular weight excluding hydrogens is 376 g/mol. The van der Waals surface area contributed by atoms with Crippen molar-refractivity contribution in [3.63, 3.8) is 0 Å². The van der Waals surface area contributed by atoms with Crippen LogP contribution in [0, 0.1) is 0 Å². The summed E-state index contributed by atoms with van der Waals surface area (Å²) in [5.74, 6) is -2.40. The number of anilines is 1. The normalized spacial score (nSPS) is 17.9. The summed E-state index contributed by atoms with van der Waals surface area (Å²) in [5.41, 5.74) is 0.631. The number of sulfone groups is 1. The van der Waals surface area contributed by atoms with E-state index in [-0.39, 0.29) is 24.7 Å². The van der Waals surface area contributed by atoms with Crippen molar-refractivity contribution in [2.24, 2.45) is 0 Å². The Labute approximate surface area is 157 Å². The van der Waals surface area contributed by atoms with Crippen LogP contribution in [-0.2, 0) is 28.9 Å². The average molecular weight is 398 g/mol. The first kappa shape index (κ1) is 20.8. The fourth-order valence-corrected chi connectivity index (χ4v) is 4.51. The molecule has 10 heteroatoms. The van der Waals surface area contributed by atoms with Crippen molar-refractivity contribution in [3.8, 4) is 0 Å². The zero-order valence-corrected chi connectivity index (χ0v) is 16.0. The van der Waals surface area contributed by atoms with E-state index in [0.29, 0.717) is 17.7 Å². The highest BCUT2D eigenvalue weighted by Gasteiger charge is 2.36. The third kappa shape index (κ3) is 5.51. The summed E-state index contributed by atoms with van der Waals surface area (Å²) in [6, 6.07) is 5.30. The molecule has 1 aromatic carbocycles. The lowest BCUT2D eigenvalue weighted by molar-refractivity contribution is -0.144. The smallest absolute Gasteiger partial charge is 0.337 e. The molecule has 1 heterocycles. The van der Waals surface area contributed by atoms with Crippen LogP contribution in [0.15, 0.2) is 24.3 Å². The Kier molecular flexibility index (Phi) is 6.92. The van der Waals surface area contributed by atoms with Crippen molar-refractivity contribution >= 4 is 33.3 Å². The number of nitrogens with one attached hydrogen (secondary N) is 1. The third-order valence-electron chi connectivity index (χ3n) is 4.20. The summed E-state index contributed by atoms with van der Waals surface area (Å²) in [4.78, 5) is 37.5. The standard InChI is InChI=1S/C17H22N2O7S/c1-25-9-8-19(14-7-10-27(23,24)11-14)16(21)15(20)18-13-5-3-12(4-6-13)17(22)26-2/h3-6,14H,7-11H2,1-2H3,(H,18,20). The van der Waals surface area contributed by atoms with Gasteiger partial charge in [0.05, 0.1) is 30.8 Å². The molecule has 1 aliphatic heterocycles. The third-order valence-corrected chi connectivity index (χ3v) is 5.95. The summed E-state index contributed by atoms with van der Waals surface area (Å²) in [7, 11) is -0.496. The molecule has 0 aromatic heterocycles. The topological polar surface area (TPSA) is 119 Å². The van der Waals surface area contributed by atoms with Crippen LogP contribution >= 0.6 is 0 Å². The minimum Gasteiger partial charge on any atom is -0.465 e. The van der Waals surface area contributed by atoms with E-state index in [4.69, 9.17) is 4.74 Å². The maximum atomic E-state index is 12.6. The van der Waals surface area contributed by atoms with Gasteiger partial charge < -0.3 is 19.7 Å². The van der Waals surface area contributed by atoms with E-state index < -0.39 is 33.7 Å². The van der Waals surface area contributed by atoms with Gasteiger partial charge in [-0.25, -0.2) is 13.2 Å². The summed E-state index contributed by atoms with van der Waals surface area (Å²) in [6.45, 7) is 0.299. The number of benzene rings is 1. The molecule has 1 N–H and O–H groups in total. The Balaban J connectivity index is 2.07. The molecule has 0 spiro atoms. The molecule has 0 radical (unpaired) electrons. The molecule has 9 nitrogen and oxygen atoms in total. The van der Waals surface area contributed by atoms with Crippen LogP contribution in [0.4, 0.5) is 5.69 Å². The quantitative estimate of drug-likeness (QED) is 0.532. The maximum Gasteiger partial charge on any atom is 0.337 e. The van der Waals surface area contributed by atoms with Gasteiger partial charge in [-0.2, -0.15) is 0 Å². The molecule has 148 valence electrons. The number of amides is 2. The molecule has 27 heavy (non-hydrogen) atoms. The number of hydrogen-bond donors (Lipinski definition) is 1. The van der Waals surface area contributed by atoms with E-state index in [2.05, 4.69) is 10.1 Å². The highest BCUT2D eigenvalue weighted by Crippen LogP contribution is 2.18. The van der Waals surface area contributed by atoms with Crippen LogP contribution in [0.3, 0.4) is 0 Å². The number of carbonyl (C=O) groups excluding carboxylic acids is 3. The lowest BCUT2D eigenvalue weighted by atomic mass is 10.2. The first-order chi connectivity index (χ1) is 12.8. The molecule has 1 unspecified atom stereocenters. The predicted octanol–water partition coefficient (Wildman–Crippen LogP) is 0.0738. The molecule has 2 rings (SSSR count). The number of nitrogens with zero attached hydrogens (tertiary/aromatic N) is 1. The Hall–Kier alpha value is -2.46. The van der Waals surface area contributed by atoms with Gasteiger partial charge in [-0.15, -0.1) is 0 Å². The van der Waals surface area contributed by atoms with Crippen molar-refractivity contribution < 1.29 is 32.3 Å². The lowest BCUT2D eigenvalue weighted by Crippen LogP contribution is -2.47. The molecule has 1 atom stereocenters. The van der Waals surface area contributed by atoms with Crippen LogP contribution in [0.25, 0.3) is 0 Å². The summed E-state index contributed by atoms with van der Waals surface area (Å²) >= 11 is 0. The lowest BCUT2D eigenvalue weighted by Gasteiger charge is -2.27. The van der Waals surface area contributed by atoms with Gasteiger partial charge in [0.15, 0.2) is 9.84 Å². The zero-order chi connectivity index (χ0) is 20.0. The highest BCUT2D eigenvalue weighted by molar-refractivity contribution is 7.91. The van der Waals surface area contributed by atoms with Gasteiger partial charge >= 0.3 is 17.8 Å². The van der Waals surface area contributed by atoms with Crippen LogP contribution < -0.4 is 5.32 Å². The largest absolute Gasteiger partial charge is 0.465 e. The first-order valence-corrected chi connectivity index (χ1v) is 10.1. The predicted molar refractivity (Wildman–Crippen MR) is 97.1 cm³/mol.